The van der Waals surface area contributed by atoms with Crippen molar-refractivity contribution in [3.8, 4) is 22.8 Å². The zero-order valence-electron chi connectivity index (χ0n) is 18.4. The normalized spacial score (nSPS) is 11.9. The second-order valence-electron chi connectivity index (χ2n) is 7.11. The van der Waals surface area contributed by atoms with Gasteiger partial charge in [-0.05, 0) is 54.4 Å². The van der Waals surface area contributed by atoms with Crippen LogP contribution in [-0.4, -0.2) is 36.4 Å². The third-order valence-electron chi connectivity index (χ3n) is 4.63. The second-order valence-corrected chi connectivity index (χ2v) is 7.95. The molecule has 2 aromatic carbocycles. The fourth-order valence-corrected chi connectivity index (χ4v) is 4.03. The molecule has 0 saturated heterocycles. The van der Waals surface area contributed by atoms with Gasteiger partial charge in [-0.3, -0.25) is 9.59 Å². The van der Waals surface area contributed by atoms with Crippen molar-refractivity contribution in [2.75, 3.05) is 13.7 Å². The van der Waals surface area contributed by atoms with Crippen LogP contribution in [0.25, 0.3) is 11.3 Å². The van der Waals surface area contributed by atoms with Crippen molar-refractivity contribution in [3.63, 3.8) is 0 Å². The van der Waals surface area contributed by atoms with E-state index in [0.29, 0.717) is 46.9 Å². The summed E-state index contributed by atoms with van der Waals surface area (Å²) in [6.07, 6.45) is -4.22. The molecule has 3 aromatic rings. The number of alkyl halides is 3. The van der Waals surface area contributed by atoms with E-state index in [1.165, 1.54) is 49.6 Å². The number of hydrogen-bond donors (Lipinski definition) is 1. The van der Waals surface area contributed by atoms with Crippen molar-refractivity contribution in [2.24, 2.45) is 4.99 Å². The van der Waals surface area contributed by atoms with E-state index < -0.39 is 12.3 Å². The number of ether oxygens (including phenoxy) is 2. The molecule has 0 unspecified atom stereocenters. The molecule has 7 nitrogen and oxygen atoms in total. The van der Waals surface area contributed by atoms with Gasteiger partial charge in [0.15, 0.2) is 4.80 Å². The van der Waals surface area contributed by atoms with Crippen LogP contribution < -0.4 is 19.6 Å². The molecule has 0 spiro atoms. The summed E-state index contributed by atoms with van der Waals surface area (Å²) in [6, 6.07) is 12.1. The first-order valence-electron chi connectivity index (χ1n) is 10.2. The summed E-state index contributed by atoms with van der Waals surface area (Å²) in [5, 5.41) is 4.49. The fourth-order valence-electron chi connectivity index (χ4n) is 3.10. The van der Waals surface area contributed by atoms with E-state index in [1.807, 2.05) is 0 Å². The van der Waals surface area contributed by atoms with Crippen molar-refractivity contribution in [3.05, 3.63) is 64.3 Å². The lowest BCUT2D eigenvalue weighted by atomic mass is 10.1. The smallest absolute Gasteiger partial charge is 0.497 e. The highest BCUT2D eigenvalue weighted by molar-refractivity contribution is 7.07. The molecule has 3 rings (SSSR count). The Hall–Kier alpha value is -3.60. The quantitative estimate of drug-likeness (QED) is 0.472. The highest BCUT2D eigenvalue weighted by atomic mass is 32.1. The monoisotopic (exact) mass is 493 g/mol. The zero-order valence-corrected chi connectivity index (χ0v) is 19.2. The molecule has 0 aliphatic rings. The van der Waals surface area contributed by atoms with Gasteiger partial charge in [-0.25, -0.2) is 0 Å². The summed E-state index contributed by atoms with van der Waals surface area (Å²) in [5.74, 6) is -0.426. The Morgan fingerprint density at radius 3 is 2.50 bits per heavy atom. The average Bonchev–Trinajstić information content (AvgIpc) is 3.18. The maximum Gasteiger partial charge on any atom is 0.573 e. The van der Waals surface area contributed by atoms with Gasteiger partial charge in [-0.1, -0.05) is 6.07 Å². The van der Waals surface area contributed by atoms with E-state index in [0.717, 1.165) is 0 Å². The van der Waals surface area contributed by atoms with E-state index in [4.69, 9.17) is 4.74 Å². The standard InChI is InChI=1S/C23H22F3N3O4S/c1-15(30)27-11-4-12-29-20(16-7-9-18(10-8-16)33-23(24,25)26)14-34-22(29)28-21(31)17-5-3-6-19(13-17)32-2/h3,5-10,13-14H,4,11-12H2,1-2H3,(H,27,30). The molecule has 0 fully saturated rings. The van der Waals surface area contributed by atoms with Gasteiger partial charge >= 0.3 is 6.36 Å². The third-order valence-corrected chi connectivity index (χ3v) is 5.49. The van der Waals surface area contributed by atoms with E-state index in [-0.39, 0.29) is 11.7 Å². The second kappa shape index (κ2) is 11.0. The molecule has 1 aromatic heterocycles. The maximum absolute atomic E-state index is 12.8. The lowest BCUT2D eigenvalue weighted by Gasteiger charge is -2.11. The lowest BCUT2D eigenvalue weighted by Crippen LogP contribution is -2.24. The molecule has 0 saturated carbocycles. The molecule has 180 valence electrons. The van der Waals surface area contributed by atoms with Gasteiger partial charge in [0.1, 0.15) is 11.5 Å². The van der Waals surface area contributed by atoms with Gasteiger partial charge < -0.3 is 19.4 Å². The summed E-state index contributed by atoms with van der Waals surface area (Å²) in [6.45, 7) is 2.25. The van der Waals surface area contributed by atoms with Crippen molar-refractivity contribution in [1.82, 2.24) is 9.88 Å². The maximum atomic E-state index is 12.8. The van der Waals surface area contributed by atoms with Crippen molar-refractivity contribution in [1.29, 1.82) is 0 Å². The predicted molar refractivity (Wildman–Crippen MR) is 121 cm³/mol. The molecule has 0 aliphatic heterocycles. The summed E-state index contributed by atoms with van der Waals surface area (Å²) < 4.78 is 48.3. The number of aromatic nitrogens is 1. The van der Waals surface area contributed by atoms with Crippen molar-refractivity contribution in [2.45, 2.75) is 26.3 Å². The van der Waals surface area contributed by atoms with E-state index in [1.54, 1.807) is 34.2 Å². The van der Waals surface area contributed by atoms with Crippen LogP contribution in [0.1, 0.15) is 23.7 Å². The van der Waals surface area contributed by atoms with Crippen LogP contribution in [0.4, 0.5) is 13.2 Å². The molecular weight excluding hydrogens is 471 g/mol. The molecule has 11 heteroatoms. The first kappa shape index (κ1) is 25.0. The molecule has 0 aliphatic carbocycles. The first-order valence-corrected chi connectivity index (χ1v) is 11.1. The Morgan fingerprint density at radius 2 is 1.85 bits per heavy atom. The minimum atomic E-state index is -4.78. The number of nitrogens with zero attached hydrogens (tertiary/aromatic N) is 2. The topological polar surface area (TPSA) is 81.9 Å². The van der Waals surface area contributed by atoms with E-state index in [9.17, 15) is 22.8 Å². The van der Waals surface area contributed by atoms with Gasteiger partial charge in [0, 0.05) is 31.0 Å². The largest absolute Gasteiger partial charge is 0.573 e. The molecule has 1 heterocycles. The van der Waals surface area contributed by atoms with Crippen LogP contribution in [0, 0.1) is 0 Å². The van der Waals surface area contributed by atoms with Crippen LogP contribution in [-0.2, 0) is 11.3 Å². The molecule has 1 N–H and O–H groups in total. The number of nitrogens with one attached hydrogen (secondary N) is 1. The van der Waals surface area contributed by atoms with Crippen LogP contribution in [0.5, 0.6) is 11.5 Å². The minimum Gasteiger partial charge on any atom is -0.497 e. The SMILES string of the molecule is COc1cccc(C(=O)N=c2scc(-c3ccc(OC(F)(F)F)cc3)n2CCCNC(C)=O)c1. The Morgan fingerprint density at radius 1 is 1.12 bits per heavy atom. The summed E-state index contributed by atoms with van der Waals surface area (Å²) in [5.41, 5.74) is 1.65. The van der Waals surface area contributed by atoms with Crippen LogP contribution in [0.3, 0.4) is 0 Å². The Bertz CT molecular complexity index is 1220. The van der Waals surface area contributed by atoms with Gasteiger partial charge in [0.25, 0.3) is 5.91 Å². The molecule has 0 bridgehead atoms. The van der Waals surface area contributed by atoms with Crippen LogP contribution in [0.15, 0.2) is 58.9 Å². The summed E-state index contributed by atoms with van der Waals surface area (Å²) >= 11 is 1.23. The van der Waals surface area contributed by atoms with Gasteiger partial charge in [-0.2, -0.15) is 4.99 Å². The van der Waals surface area contributed by atoms with Gasteiger partial charge in [0.2, 0.25) is 5.91 Å². The number of methoxy groups -OCH3 is 1. The molecule has 34 heavy (non-hydrogen) atoms. The third kappa shape index (κ3) is 6.95. The minimum absolute atomic E-state index is 0.158. The Balaban J connectivity index is 1.94. The van der Waals surface area contributed by atoms with Gasteiger partial charge in [0.05, 0.1) is 12.8 Å². The average molecular weight is 494 g/mol. The number of rotatable bonds is 8. The number of carbonyl (C=O) groups is 2. The van der Waals surface area contributed by atoms with E-state index >= 15 is 0 Å². The first-order chi connectivity index (χ1) is 16.2. The van der Waals surface area contributed by atoms with E-state index in [2.05, 4.69) is 15.0 Å². The molecule has 0 atom stereocenters. The molecule has 2 amide bonds. The fraction of sp³-hybridized carbons (Fsp3) is 0.261. The Kier molecular flexibility index (Phi) is 8.11. The predicted octanol–water partition coefficient (Wildman–Crippen LogP) is 4.39. The zero-order chi connectivity index (χ0) is 24.7. The number of carbonyl (C=O) groups excluding carboxylic acids is 2. The number of thiazole rings is 1. The number of halogens is 3. The molecule has 0 radical (unpaired) electrons. The summed E-state index contributed by atoms with van der Waals surface area (Å²) in [7, 11) is 1.50. The van der Waals surface area contributed by atoms with Crippen LogP contribution >= 0.6 is 11.3 Å². The summed E-state index contributed by atoms with van der Waals surface area (Å²) in [4.78, 5) is 28.6. The highest BCUT2D eigenvalue weighted by Gasteiger charge is 2.31. The van der Waals surface area contributed by atoms with Crippen molar-refractivity contribution >= 4 is 23.2 Å². The highest BCUT2D eigenvalue weighted by Crippen LogP contribution is 2.27. The number of benzene rings is 2. The number of hydrogen-bond acceptors (Lipinski definition) is 5. The Labute approximate surface area is 197 Å². The lowest BCUT2D eigenvalue weighted by molar-refractivity contribution is -0.274. The van der Waals surface area contributed by atoms with Crippen LogP contribution in [0.2, 0.25) is 0 Å². The van der Waals surface area contributed by atoms with Gasteiger partial charge in [-0.15, -0.1) is 24.5 Å². The van der Waals surface area contributed by atoms with Crippen molar-refractivity contribution < 1.29 is 32.2 Å². The number of amides is 2. The molecular formula is C23H22F3N3O4S.